The van der Waals surface area contributed by atoms with Crippen LogP contribution in [0.15, 0.2) is 18.2 Å². The monoisotopic (exact) mass is 308 g/mol. The van der Waals surface area contributed by atoms with Crippen LogP contribution >= 0.6 is 35.6 Å². The molecule has 1 saturated heterocycles. The van der Waals surface area contributed by atoms with Crippen molar-refractivity contribution >= 4 is 47.2 Å². The van der Waals surface area contributed by atoms with Gasteiger partial charge >= 0.3 is 0 Å². The molecule has 2 rings (SSSR count). The van der Waals surface area contributed by atoms with E-state index in [-0.39, 0.29) is 24.2 Å². The van der Waals surface area contributed by atoms with Crippen molar-refractivity contribution in [3.8, 4) is 0 Å². The molecule has 6 heteroatoms. The van der Waals surface area contributed by atoms with Gasteiger partial charge in [0.2, 0.25) is 5.91 Å². The van der Waals surface area contributed by atoms with Crippen molar-refractivity contribution in [3.63, 3.8) is 0 Å². The SMILES string of the molecule is Cl.O=C(Nc1ccc(Cl)c(Cl)c1)C1CCNCC1. The molecule has 1 aromatic carbocycles. The highest BCUT2D eigenvalue weighted by Gasteiger charge is 2.20. The van der Waals surface area contributed by atoms with Gasteiger partial charge in [-0.1, -0.05) is 23.2 Å². The highest BCUT2D eigenvalue weighted by atomic mass is 35.5. The molecule has 3 nitrogen and oxygen atoms in total. The molecule has 0 saturated carbocycles. The Labute approximate surface area is 123 Å². The molecule has 0 bridgehead atoms. The minimum absolute atomic E-state index is 0. The maximum Gasteiger partial charge on any atom is 0.227 e. The Balaban J connectivity index is 0.00000162. The lowest BCUT2D eigenvalue weighted by Gasteiger charge is -2.21. The molecule has 2 N–H and O–H groups in total. The first-order valence-corrected chi connectivity index (χ1v) is 6.39. The Morgan fingerprint density at radius 1 is 1.22 bits per heavy atom. The molecule has 1 aromatic rings. The normalized spacial score (nSPS) is 15.9. The first-order chi connectivity index (χ1) is 8.16. The van der Waals surface area contributed by atoms with Gasteiger partial charge in [0.1, 0.15) is 0 Å². The van der Waals surface area contributed by atoms with Crippen LogP contribution in [-0.4, -0.2) is 19.0 Å². The van der Waals surface area contributed by atoms with E-state index in [9.17, 15) is 4.79 Å². The first kappa shape index (κ1) is 15.6. The van der Waals surface area contributed by atoms with Gasteiger partial charge in [-0.15, -0.1) is 12.4 Å². The molecule has 0 unspecified atom stereocenters. The topological polar surface area (TPSA) is 41.1 Å². The molecule has 1 aliphatic heterocycles. The number of hydrogen-bond donors (Lipinski definition) is 2. The summed E-state index contributed by atoms with van der Waals surface area (Å²) in [5.41, 5.74) is 0.697. The molecule has 1 heterocycles. The summed E-state index contributed by atoms with van der Waals surface area (Å²) in [5, 5.41) is 7.05. The minimum Gasteiger partial charge on any atom is -0.326 e. The third-order valence-electron chi connectivity index (χ3n) is 2.90. The van der Waals surface area contributed by atoms with Crippen molar-refractivity contribution in [1.82, 2.24) is 5.32 Å². The van der Waals surface area contributed by atoms with Gasteiger partial charge in [-0.25, -0.2) is 0 Å². The number of benzene rings is 1. The molecule has 1 aliphatic rings. The van der Waals surface area contributed by atoms with Crippen LogP contribution in [0.3, 0.4) is 0 Å². The van der Waals surface area contributed by atoms with Gasteiger partial charge in [0, 0.05) is 11.6 Å². The fraction of sp³-hybridized carbons (Fsp3) is 0.417. The molecular weight excluding hydrogens is 295 g/mol. The number of nitrogens with one attached hydrogen (secondary N) is 2. The number of rotatable bonds is 2. The molecular formula is C12H15Cl3N2O. The van der Waals surface area contributed by atoms with E-state index in [0.29, 0.717) is 15.7 Å². The molecule has 100 valence electrons. The number of amides is 1. The van der Waals surface area contributed by atoms with Crippen LogP contribution < -0.4 is 10.6 Å². The van der Waals surface area contributed by atoms with Crippen molar-refractivity contribution in [2.75, 3.05) is 18.4 Å². The molecule has 0 atom stereocenters. The van der Waals surface area contributed by atoms with Gasteiger partial charge in [0.15, 0.2) is 0 Å². The molecule has 0 aromatic heterocycles. The molecule has 1 fully saturated rings. The summed E-state index contributed by atoms with van der Waals surface area (Å²) in [5.74, 6) is 0.149. The average Bonchev–Trinajstić information content (AvgIpc) is 2.35. The molecule has 0 spiro atoms. The Bertz CT molecular complexity index is 420. The Kier molecular flexibility index (Phi) is 6.22. The lowest BCUT2D eigenvalue weighted by Crippen LogP contribution is -2.34. The van der Waals surface area contributed by atoms with Crippen LogP contribution in [0.5, 0.6) is 0 Å². The molecule has 0 aliphatic carbocycles. The maximum atomic E-state index is 11.9. The molecule has 1 amide bonds. The average molecular weight is 310 g/mol. The van der Waals surface area contributed by atoms with Crippen LogP contribution in [0, 0.1) is 5.92 Å². The van der Waals surface area contributed by atoms with Crippen LogP contribution in [-0.2, 0) is 4.79 Å². The zero-order valence-corrected chi connectivity index (χ0v) is 12.0. The lowest BCUT2D eigenvalue weighted by atomic mass is 9.97. The predicted molar refractivity (Wildman–Crippen MR) is 77.9 cm³/mol. The Morgan fingerprint density at radius 2 is 1.89 bits per heavy atom. The van der Waals surface area contributed by atoms with Gasteiger partial charge in [-0.05, 0) is 44.1 Å². The van der Waals surface area contributed by atoms with Crippen LogP contribution in [0.1, 0.15) is 12.8 Å². The van der Waals surface area contributed by atoms with Gasteiger partial charge in [-0.3, -0.25) is 4.79 Å². The third kappa shape index (κ3) is 4.02. The Morgan fingerprint density at radius 3 is 2.50 bits per heavy atom. The number of anilines is 1. The first-order valence-electron chi connectivity index (χ1n) is 5.63. The van der Waals surface area contributed by atoms with Gasteiger partial charge in [-0.2, -0.15) is 0 Å². The van der Waals surface area contributed by atoms with Crippen molar-refractivity contribution < 1.29 is 4.79 Å². The number of hydrogen-bond acceptors (Lipinski definition) is 2. The number of piperidine rings is 1. The van der Waals surface area contributed by atoms with Crippen LogP contribution in [0.2, 0.25) is 10.0 Å². The third-order valence-corrected chi connectivity index (χ3v) is 3.64. The van der Waals surface area contributed by atoms with Crippen molar-refractivity contribution in [2.24, 2.45) is 5.92 Å². The second kappa shape index (κ2) is 7.19. The highest BCUT2D eigenvalue weighted by molar-refractivity contribution is 6.42. The fourth-order valence-electron chi connectivity index (χ4n) is 1.90. The van der Waals surface area contributed by atoms with Crippen molar-refractivity contribution in [2.45, 2.75) is 12.8 Å². The summed E-state index contributed by atoms with van der Waals surface area (Å²) in [4.78, 5) is 11.9. The van der Waals surface area contributed by atoms with E-state index in [0.717, 1.165) is 25.9 Å². The largest absolute Gasteiger partial charge is 0.326 e. The quantitative estimate of drug-likeness (QED) is 0.879. The van der Waals surface area contributed by atoms with Crippen LogP contribution in [0.25, 0.3) is 0 Å². The zero-order valence-electron chi connectivity index (χ0n) is 9.71. The second-order valence-corrected chi connectivity index (χ2v) is 4.96. The van der Waals surface area contributed by atoms with E-state index in [2.05, 4.69) is 10.6 Å². The van der Waals surface area contributed by atoms with Crippen molar-refractivity contribution in [1.29, 1.82) is 0 Å². The van der Waals surface area contributed by atoms with Gasteiger partial charge in [0.05, 0.1) is 10.0 Å². The van der Waals surface area contributed by atoms with E-state index in [1.807, 2.05) is 0 Å². The number of carbonyl (C=O) groups excluding carboxylic acids is 1. The van der Waals surface area contributed by atoms with Gasteiger partial charge < -0.3 is 10.6 Å². The zero-order chi connectivity index (χ0) is 12.3. The summed E-state index contributed by atoms with van der Waals surface area (Å²) < 4.78 is 0. The van der Waals surface area contributed by atoms with E-state index in [4.69, 9.17) is 23.2 Å². The molecule has 0 radical (unpaired) electrons. The Hall–Kier alpha value is -0.480. The minimum atomic E-state index is 0. The number of halogens is 3. The van der Waals surface area contributed by atoms with E-state index < -0.39 is 0 Å². The van der Waals surface area contributed by atoms with E-state index in [1.165, 1.54) is 0 Å². The highest BCUT2D eigenvalue weighted by Crippen LogP contribution is 2.25. The fourth-order valence-corrected chi connectivity index (χ4v) is 2.20. The maximum absolute atomic E-state index is 11.9. The number of carbonyl (C=O) groups is 1. The predicted octanol–water partition coefficient (Wildman–Crippen LogP) is 3.35. The molecule has 18 heavy (non-hydrogen) atoms. The second-order valence-electron chi connectivity index (χ2n) is 4.14. The summed E-state index contributed by atoms with van der Waals surface area (Å²) in [6, 6.07) is 5.11. The smallest absolute Gasteiger partial charge is 0.227 e. The van der Waals surface area contributed by atoms with Gasteiger partial charge in [0.25, 0.3) is 0 Å². The summed E-state index contributed by atoms with van der Waals surface area (Å²) in [6.07, 6.45) is 1.76. The lowest BCUT2D eigenvalue weighted by molar-refractivity contribution is -0.120. The van der Waals surface area contributed by atoms with Crippen LogP contribution in [0.4, 0.5) is 5.69 Å². The summed E-state index contributed by atoms with van der Waals surface area (Å²) in [6.45, 7) is 1.80. The standard InChI is InChI=1S/C12H14Cl2N2O.ClH/c13-10-2-1-9(7-11(10)14)16-12(17)8-3-5-15-6-4-8;/h1-2,7-8,15H,3-6H2,(H,16,17);1H. The summed E-state index contributed by atoms with van der Waals surface area (Å²) in [7, 11) is 0. The summed E-state index contributed by atoms with van der Waals surface area (Å²) >= 11 is 11.7. The van der Waals surface area contributed by atoms with E-state index >= 15 is 0 Å². The van der Waals surface area contributed by atoms with Crippen molar-refractivity contribution in [3.05, 3.63) is 28.2 Å². The van der Waals surface area contributed by atoms with E-state index in [1.54, 1.807) is 18.2 Å².